The van der Waals surface area contributed by atoms with Crippen molar-refractivity contribution in [1.29, 1.82) is 0 Å². The number of hydrogen-bond acceptors (Lipinski definition) is 5. The van der Waals surface area contributed by atoms with E-state index in [1.165, 1.54) is 5.69 Å². The Balaban J connectivity index is 1.34. The van der Waals surface area contributed by atoms with Gasteiger partial charge in [0, 0.05) is 50.0 Å². The van der Waals surface area contributed by atoms with Gasteiger partial charge in [-0.1, -0.05) is 6.92 Å². The molecule has 2 aromatic heterocycles. The number of aryl methyl sites for hydroxylation is 2. The van der Waals surface area contributed by atoms with Crippen molar-refractivity contribution in [1.82, 2.24) is 19.8 Å². The monoisotopic (exact) mass is 356 g/mol. The molecule has 0 unspecified atom stereocenters. The highest BCUT2D eigenvalue weighted by molar-refractivity contribution is 7.09. The second-order valence-corrected chi connectivity index (χ2v) is 8.24. The van der Waals surface area contributed by atoms with E-state index in [9.17, 15) is 4.79 Å². The maximum absolute atomic E-state index is 12.7. The zero-order chi connectivity index (χ0) is 17.4. The van der Waals surface area contributed by atoms with Gasteiger partial charge >= 0.3 is 0 Å². The Kier molecular flexibility index (Phi) is 4.56. The van der Waals surface area contributed by atoms with Gasteiger partial charge in [0.05, 0.1) is 16.3 Å². The summed E-state index contributed by atoms with van der Waals surface area (Å²) in [6.45, 7) is 8.93. The molecule has 2 saturated heterocycles. The van der Waals surface area contributed by atoms with Gasteiger partial charge in [0.2, 0.25) is 0 Å². The summed E-state index contributed by atoms with van der Waals surface area (Å²) >= 11 is 1.72. The lowest BCUT2D eigenvalue weighted by atomic mass is 10.0. The first-order valence-electron chi connectivity index (χ1n) is 9.00. The van der Waals surface area contributed by atoms with Gasteiger partial charge in [-0.05, 0) is 37.3 Å². The molecule has 4 heterocycles. The third-order valence-electron chi connectivity index (χ3n) is 5.34. The first kappa shape index (κ1) is 16.7. The minimum absolute atomic E-state index is 0.131. The lowest BCUT2D eigenvalue weighted by Crippen LogP contribution is -2.33. The van der Waals surface area contributed by atoms with Gasteiger partial charge in [-0.2, -0.15) is 0 Å². The molecule has 0 bridgehead atoms. The van der Waals surface area contributed by atoms with Crippen LogP contribution in [-0.2, 0) is 13.0 Å². The zero-order valence-corrected chi connectivity index (χ0v) is 15.6. The normalized spacial score (nSPS) is 23.2. The van der Waals surface area contributed by atoms with Crippen molar-refractivity contribution in [3.05, 3.63) is 45.7 Å². The summed E-state index contributed by atoms with van der Waals surface area (Å²) in [6.07, 6.45) is 2.63. The minimum Gasteiger partial charge on any atom is -0.338 e. The van der Waals surface area contributed by atoms with E-state index >= 15 is 0 Å². The Bertz CT molecular complexity index is 743. The number of carbonyl (C=O) groups excluding carboxylic acids is 1. The Morgan fingerprint density at radius 3 is 2.52 bits per heavy atom. The smallest absolute Gasteiger partial charge is 0.255 e. The number of fused-ring (bicyclic) bond motifs is 1. The summed E-state index contributed by atoms with van der Waals surface area (Å²) in [4.78, 5) is 26.2. The quantitative estimate of drug-likeness (QED) is 0.845. The fraction of sp³-hybridized carbons (Fsp3) is 0.526. The second kappa shape index (κ2) is 6.84. The van der Waals surface area contributed by atoms with Crippen LogP contribution < -0.4 is 0 Å². The van der Waals surface area contributed by atoms with Crippen molar-refractivity contribution >= 4 is 17.2 Å². The van der Waals surface area contributed by atoms with Crippen LogP contribution in [0.3, 0.4) is 0 Å². The Morgan fingerprint density at radius 1 is 1.20 bits per heavy atom. The van der Waals surface area contributed by atoms with Crippen molar-refractivity contribution in [2.24, 2.45) is 11.8 Å². The summed E-state index contributed by atoms with van der Waals surface area (Å²) < 4.78 is 0. The zero-order valence-electron chi connectivity index (χ0n) is 14.8. The van der Waals surface area contributed by atoms with E-state index < -0.39 is 0 Å². The fourth-order valence-electron chi connectivity index (χ4n) is 4.04. The molecular formula is C19H24N4OS. The molecule has 5 nitrogen and oxygen atoms in total. The largest absolute Gasteiger partial charge is 0.338 e. The Labute approximate surface area is 152 Å². The first-order chi connectivity index (χ1) is 12.1. The molecule has 2 aliphatic heterocycles. The maximum Gasteiger partial charge on any atom is 0.255 e. The van der Waals surface area contributed by atoms with Gasteiger partial charge in [-0.25, -0.2) is 4.98 Å². The molecule has 2 aromatic rings. The summed E-state index contributed by atoms with van der Waals surface area (Å²) in [5.41, 5.74) is 2.92. The van der Waals surface area contributed by atoms with Crippen LogP contribution in [0.1, 0.15) is 33.7 Å². The fourth-order valence-corrected chi connectivity index (χ4v) is 4.64. The van der Waals surface area contributed by atoms with E-state index in [-0.39, 0.29) is 5.91 Å². The van der Waals surface area contributed by atoms with E-state index in [1.807, 2.05) is 17.0 Å². The van der Waals surface area contributed by atoms with Crippen molar-refractivity contribution in [3.8, 4) is 0 Å². The van der Waals surface area contributed by atoms with E-state index in [0.717, 1.165) is 49.8 Å². The topological polar surface area (TPSA) is 49.3 Å². The van der Waals surface area contributed by atoms with E-state index in [2.05, 4.69) is 34.1 Å². The van der Waals surface area contributed by atoms with Crippen LogP contribution in [0.25, 0.3) is 0 Å². The number of amides is 1. The molecule has 0 N–H and O–H groups in total. The maximum atomic E-state index is 12.7. The second-order valence-electron chi connectivity index (χ2n) is 7.17. The molecular weight excluding hydrogens is 332 g/mol. The van der Waals surface area contributed by atoms with Crippen molar-refractivity contribution in [2.75, 3.05) is 26.2 Å². The predicted molar refractivity (Wildman–Crippen MR) is 98.6 cm³/mol. The number of pyridine rings is 1. The predicted octanol–water partition coefficient (Wildman–Crippen LogP) is 2.61. The molecule has 4 rings (SSSR count). The van der Waals surface area contributed by atoms with Crippen LogP contribution in [-0.4, -0.2) is 51.9 Å². The highest BCUT2D eigenvalue weighted by Crippen LogP contribution is 2.32. The van der Waals surface area contributed by atoms with E-state index in [1.54, 1.807) is 17.5 Å². The first-order valence-corrected chi connectivity index (χ1v) is 9.88. The molecule has 0 radical (unpaired) electrons. The van der Waals surface area contributed by atoms with Crippen molar-refractivity contribution in [3.63, 3.8) is 0 Å². The van der Waals surface area contributed by atoms with Gasteiger partial charge < -0.3 is 4.90 Å². The number of aromatic nitrogens is 2. The molecule has 0 aliphatic carbocycles. The SMILES string of the molecule is CCc1ccc(C(=O)N2C[C@@H]3CN(Cc4csc(C)n4)C[C@H]3C2)cn1. The van der Waals surface area contributed by atoms with Gasteiger partial charge in [0.25, 0.3) is 5.91 Å². The molecule has 6 heteroatoms. The number of nitrogens with zero attached hydrogens (tertiary/aromatic N) is 4. The van der Waals surface area contributed by atoms with Crippen molar-refractivity contribution < 1.29 is 4.79 Å². The standard InChI is InChI=1S/C19H24N4OS/c1-3-17-5-4-14(6-20-17)19(24)23-9-15-7-22(8-16(15)10-23)11-18-12-25-13(2)21-18/h4-6,12,15-16H,3,7-11H2,1-2H3/t15-,16-/m0/s1. The van der Waals surface area contributed by atoms with Crippen LogP contribution in [0.5, 0.6) is 0 Å². The molecule has 132 valence electrons. The summed E-state index contributed by atoms with van der Waals surface area (Å²) in [6, 6.07) is 3.88. The third kappa shape index (κ3) is 3.46. The van der Waals surface area contributed by atoms with Crippen LogP contribution in [0.15, 0.2) is 23.7 Å². The number of thiazole rings is 1. The molecule has 1 amide bonds. The van der Waals surface area contributed by atoms with Gasteiger partial charge in [-0.3, -0.25) is 14.7 Å². The van der Waals surface area contributed by atoms with Crippen LogP contribution in [0.2, 0.25) is 0 Å². The average Bonchev–Trinajstić information content (AvgIpc) is 3.29. The molecule has 2 atom stereocenters. The lowest BCUT2D eigenvalue weighted by Gasteiger charge is -2.21. The number of rotatable bonds is 4. The molecule has 0 spiro atoms. The molecule has 25 heavy (non-hydrogen) atoms. The third-order valence-corrected chi connectivity index (χ3v) is 6.16. The minimum atomic E-state index is 0.131. The van der Waals surface area contributed by atoms with Crippen LogP contribution >= 0.6 is 11.3 Å². The number of carbonyl (C=O) groups is 1. The lowest BCUT2D eigenvalue weighted by molar-refractivity contribution is 0.0773. The van der Waals surface area contributed by atoms with Gasteiger partial charge in [-0.15, -0.1) is 11.3 Å². The highest BCUT2D eigenvalue weighted by Gasteiger charge is 2.41. The van der Waals surface area contributed by atoms with Crippen molar-refractivity contribution in [2.45, 2.75) is 26.8 Å². The Hall–Kier alpha value is -1.79. The number of hydrogen-bond donors (Lipinski definition) is 0. The summed E-state index contributed by atoms with van der Waals surface area (Å²) in [7, 11) is 0. The molecule has 0 aromatic carbocycles. The van der Waals surface area contributed by atoms with E-state index in [0.29, 0.717) is 17.4 Å². The molecule has 0 saturated carbocycles. The molecule has 2 fully saturated rings. The summed E-state index contributed by atoms with van der Waals surface area (Å²) in [5.74, 6) is 1.31. The molecule has 2 aliphatic rings. The van der Waals surface area contributed by atoms with E-state index in [4.69, 9.17) is 0 Å². The number of likely N-dealkylation sites (tertiary alicyclic amines) is 2. The van der Waals surface area contributed by atoms with Crippen LogP contribution in [0.4, 0.5) is 0 Å². The summed E-state index contributed by atoms with van der Waals surface area (Å²) in [5, 5.41) is 3.29. The van der Waals surface area contributed by atoms with Crippen LogP contribution in [0, 0.1) is 18.8 Å². The Morgan fingerprint density at radius 2 is 1.96 bits per heavy atom. The van der Waals surface area contributed by atoms with Gasteiger partial charge in [0.1, 0.15) is 0 Å². The van der Waals surface area contributed by atoms with Gasteiger partial charge in [0.15, 0.2) is 0 Å². The highest BCUT2D eigenvalue weighted by atomic mass is 32.1. The average molecular weight is 356 g/mol.